The Hall–Kier alpha value is -1.23. The largest absolute Gasteiger partial charge is 0.497 e. The van der Waals surface area contributed by atoms with Crippen LogP contribution in [-0.2, 0) is 6.42 Å². The molecule has 0 aliphatic carbocycles. The number of hydrogen-bond donors (Lipinski definition) is 1. The molecule has 1 unspecified atom stereocenters. The highest BCUT2D eigenvalue weighted by Crippen LogP contribution is 2.24. The minimum absolute atomic E-state index is 0. The normalized spacial score (nSPS) is 17.2. The van der Waals surface area contributed by atoms with Crippen LogP contribution in [-0.4, -0.2) is 18.6 Å². The Labute approximate surface area is 143 Å². The molecule has 1 aromatic heterocycles. The molecule has 122 valence electrons. The molecule has 1 fully saturated rings. The first-order valence-corrected chi connectivity index (χ1v) is 7.16. The first-order chi connectivity index (χ1) is 9.85. The van der Waals surface area contributed by atoms with Crippen LogP contribution in [0.1, 0.15) is 42.5 Å². The van der Waals surface area contributed by atoms with Crippen molar-refractivity contribution < 1.29 is 9.15 Å². The average molecular weight is 345 g/mol. The van der Waals surface area contributed by atoms with Crippen molar-refractivity contribution >= 4 is 24.8 Å². The number of oxazole rings is 1. The lowest BCUT2D eigenvalue weighted by atomic mass is 10.1. The van der Waals surface area contributed by atoms with E-state index in [1.165, 1.54) is 18.4 Å². The number of nitrogens with one attached hydrogen (secondary N) is 1. The van der Waals surface area contributed by atoms with Gasteiger partial charge in [-0.15, -0.1) is 24.8 Å². The number of methoxy groups -OCH3 is 1. The summed E-state index contributed by atoms with van der Waals surface area (Å²) >= 11 is 0. The number of rotatable bonds is 4. The first-order valence-electron chi connectivity index (χ1n) is 7.16. The maximum atomic E-state index is 5.89. The Bertz CT molecular complexity index is 569. The van der Waals surface area contributed by atoms with Crippen LogP contribution in [0.4, 0.5) is 0 Å². The second-order valence-corrected chi connectivity index (χ2v) is 5.20. The molecule has 0 saturated carbocycles. The Kier molecular flexibility index (Phi) is 7.73. The molecule has 1 atom stereocenters. The fourth-order valence-corrected chi connectivity index (χ4v) is 2.61. The highest BCUT2D eigenvalue weighted by Gasteiger charge is 2.19. The van der Waals surface area contributed by atoms with Crippen LogP contribution in [0.5, 0.6) is 5.75 Å². The number of aromatic nitrogens is 1. The van der Waals surface area contributed by atoms with Crippen LogP contribution < -0.4 is 10.1 Å². The van der Waals surface area contributed by atoms with E-state index in [9.17, 15) is 0 Å². The topological polar surface area (TPSA) is 47.3 Å². The summed E-state index contributed by atoms with van der Waals surface area (Å²) < 4.78 is 11.1. The molecule has 1 N–H and O–H groups in total. The average Bonchev–Trinajstić information content (AvgIpc) is 2.97. The van der Waals surface area contributed by atoms with E-state index < -0.39 is 0 Å². The Morgan fingerprint density at radius 1 is 1.32 bits per heavy atom. The van der Waals surface area contributed by atoms with E-state index >= 15 is 0 Å². The summed E-state index contributed by atoms with van der Waals surface area (Å²) in [7, 11) is 1.68. The zero-order valence-corrected chi connectivity index (χ0v) is 14.2. The van der Waals surface area contributed by atoms with E-state index in [0.29, 0.717) is 0 Å². The van der Waals surface area contributed by atoms with Crippen LogP contribution in [0.15, 0.2) is 34.9 Å². The molecule has 2 aromatic rings. The number of ether oxygens (including phenoxy) is 1. The van der Waals surface area contributed by atoms with Crippen molar-refractivity contribution in [3.05, 3.63) is 47.7 Å². The molecule has 1 aliphatic rings. The van der Waals surface area contributed by atoms with Crippen LogP contribution in [0, 0.1) is 0 Å². The number of piperidine rings is 1. The van der Waals surface area contributed by atoms with E-state index in [2.05, 4.69) is 16.4 Å². The standard InChI is InChI=1S/C16H20N2O2.2ClH/c1-19-13-6-4-5-12(9-13)10-14-11-18-16(20-14)15-7-2-3-8-17-15;;/h4-6,9,11,15,17H,2-3,7-8,10H2,1H3;2*1H. The monoisotopic (exact) mass is 344 g/mol. The fourth-order valence-electron chi connectivity index (χ4n) is 2.61. The molecule has 3 rings (SSSR count). The maximum absolute atomic E-state index is 5.89. The zero-order valence-electron chi connectivity index (χ0n) is 12.6. The number of benzene rings is 1. The van der Waals surface area contributed by atoms with Crippen molar-refractivity contribution in [2.24, 2.45) is 0 Å². The highest BCUT2D eigenvalue weighted by atomic mass is 35.5. The van der Waals surface area contributed by atoms with Gasteiger partial charge in [-0.3, -0.25) is 0 Å². The van der Waals surface area contributed by atoms with E-state index in [0.717, 1.165) is 36.8 Å². The van der Waals surface area contributed by atoms with Crippen molar-refractivity contribution in [2.45, 2.75) is 31.7 Å². The van der Waals surface area contributed by atoms with Gasteiger partial charge in [0.2, 0.25) is 5.89 Å². The minimum Gasteiger partial charge on any atom is -0.497 e. The minimum atomic E-state index is 0. The molecular formula is C16H22Cl2N2O2. The summed E-state index contributed by atoms with van der Waals surface area (Å²) in [5.41, 5.74) is 1.17. The lowest BCUT2D eigenvalue weighted by Crippen LogP contribution is -2.26. The van der Waals surface area contributed by atoms with Gasteiger partial charge in [-0.1, -0.05) is 18.6 Å². The summed E-state index contributed by atoms with van der Waals surface area (Å²) in [4.78, 5) is 4.42. The summed E-state index contributed by atoms with van der Waals surface area (Å²) in [6.07, 6.45) is 6.18. The number of nitrogens with zero attached hydrogens (tertiary/aromatic N) is 1. The molecule has 0 spiro atoms. The zero-order chi connectivity index (χ0) is 13.8. The molecule has 2 heterocycles. The van der Waals surface area contributed by atoms with Crippen molar-refractivity contribution in [1.29, 1.82) is 0 Å². The van der Waals surface area contributed by atoms with Gasteiger partial charge in [0.15, 0.2) is 0 Å². The van der Waals surface area contributed by atoms with Crippen LogP contribution in [0.25, 0.3) is 0 Å². The van der Waals surface area contributed by atoms with Gasteiger partial charge in [0.25, 0.3) is 0 Å². The van der Waals surface area contributed by atoms with Crippen LogP contribution >= 0.6 is 24.8 Å². The van der Waals surface area contributed by atoms with Gasteiger partial charge >= 0.3 is 0 Å². The lowest BCUT2D eigenvalue weighted by Gasteiger charge is -2.20. The van der Waals surface area contributed by atoms with Gasteiger partial charge in [0.1, 0.15) is 11.5 Å². The Balaban J connectivity index is 0.00000121. The number of hydrogen-bond acceptors (Lipinski definition) is 4. The lowest BCUT2D eigenvalue weighted by molar-refractivity contribution is 0.331. The van der Waals surface area contributed by atoms with Gasteiger partial charge < -0.3 is 14.5 Å². The third-order valence-corrected chi connectivity index (χ3v) is 3.69. The Morgan fingerprint density at radius 2 is 2.18 bits per heavy atom. The first kappa shape index (κ1) is 18.8. The van der Waals surface area contributed by atoms with Gasteiger partial charge in [0.05, 0.1) is 19.3 Å². The predicted molar refractivity (Wildman–Crippen MR) is 91.4 cm³/mol. The summed E-state index contributed by atoms with van der Waals surface area (Å²) in [5.74, 6) is 2.60. The Morgan fingerprint density at radius 3 is 2.91 bits per heavy atom. The summed E-state index contributed by atoms with van der Waals surface area (Å²) in [6, 6.07) is 8.32. The summed E-state index contributed by atoms with van der Waals surface area (Å²) in [6.45, 7) is 1.05. The molecular weight excluding hydrogens is 323 g/mol. The van der Waals surface area contributed by atoms with E-state index in [-0.39, 0.29) is 30.9 Å². The molecule has 0 radical (unpaired) electrons. The SMILES string of the molecule is COc1cccc(Cc2cnc(C3CCCCN3)o2)c1.Cl.Cl. The van der Waals surface area contributed by atoms with Gasteiger partial charge in [-0.2, -0.15) is 0 Å². The number of halogens is 2. The van der Waals surface area contributed by atoms with Crippen molar-refractivity contribution in [3.8, 4) is 5.75 Å². The van der Waals surface area contributed by atoms with E-state index in [4.69, 9.17) is 9.15 Å². The van der Waals surface area contributed by atoms with Gasteiger partial charge in [-0.25, -0.2) is 4.98 Å². The molecule has 0 bridgehead atoms. The highest BCUT2D eigenvalue weighted by molar-refractivity contribution is 5.85. The molecule has 6 heteroatoms. The predicted octanol–water partition coefficient (Wildman–Crippen LogP) is 3.93. The van der Waals surface area contributed by atoms with E-state index in [1.54, 1.807) is 7.11 Å². The van der Waals surface area contributed by atoms with Crippen LogP contribution in [0.3, 0.4) is 0 Å². The third-order valence-electron chi connectivity index (χ3n) is 3.69. The van der Waals surface area contributed by atoms with Gasteiger partial charge in [-0.05, 0) is 37.1 Å². The van der Waals surface area contributed by atoms with Crippen molar-refractivity contribution in [3.63, 3.8) is 0 Å². The second kappa shape index (κ2) is 9.03. The quantitative estimate of drug-likeness (QED) is 0.912. The fraction of sp³-hybridized carbons (Fsp3) is 0.438. The summed E-state index contributed by atoms with van der Waals surface area (Å²) in [5, 5.41) is 3.45. The van der Waals surface area contributed by atoms with E-state index in [1.807, 2.05) is 24.4 Å². The molecule has 22 heavy (non-hydrogen) atoms. The molecule has 4 nitrogen and oxygen atoms in total. The van der Waals surface area contributed by atoms with Gasteiger partial charge in [0, 0.05) is 6.42 Å². The smallest absolute Gasteiger partial charge is 0.211 e. The maximum Gasteiger partial charge on any atom is 0.211 e. The second-order valence-electron chi connectivity index (χ2n) is 5.20. The molecule has 1 saturated heterocycles. The van der Waals surface area contributed by atoms with Crippen molar-refractivity contribution in [1.82, 2.24) is 10.3 Å². The van der Waals surface area contributed by atoms with Crippen molar-refractivity contribution in [2.75, 3.05) is 13.7 Å². The molecule has 1 aromatic carbocycles. The molecule has 1 aliphatic heterocycles. The molecule has 0 amide bonds. The third kappa shape index (κ3) is 4.63. The van der Waals surface area contributed by atoms with Crippen LogP contribution in [0.2, 0.25) is 0 Å².